The number of hydrogen-bond acceptors (Lipinski definition) is 5. The molecule has 0 aliphatic carbocycles. The maximum Gasteiger partial charge on any atom is 0.306 e. The molecule has 1 atom stereocenters. The maximum atomic E-state index is 12.9. The molecule has 0 heterocycles. The molecule has 0 N–H and O–H groups in total. The highest BCUT2D eigenvalue weighted by molar-refractivity contribution is 5.70. The van der Waals surface area contributed by atoms with E-state index in [0.29, 0.717) is 26.1 Å². The molecule has 0 aromatic heterocycles. The van der Waals surface area contributed by atoms with Crippen molar-refractivity contribution in [2.75, 3.05) is 19.8 Å². The van der Waals surface area contributed by atoms with E-state index in [4.69, 9.17) is 14.2 Å². The first-order valence-electron chi connectivity index (χ1n) is 30.9. The van der Waals surface area contributed by atoms with E-state index in [1.807, 2.05) is 0 Å². The zero-order chi connectivity index (χ0) is 49.2. The second kappa shape index (κ2) is 59.7. The summed E-state index contributed by atoms with van der Waals surface area (Å²) in [5.74, 6) is -0.376. The van der Waals surface area contributed by atoms with Crippen LogP contribution < -0.4 is 0 Å². The summed E-state index contributed by atoms with van der Waals surface area (Å²) in [5.41, 5.74) is 0. The topological polar surface area (TPSA) is 61.8 Å². The molecule has 0 saturated heterocycles. The zero-order valence-electron chi connectivity index (χ0n) is 46.4. The van der Waals surface area contributed by atoms with E-state index in [9.17, 15) is 9.59 Å². The van der Waals surface area contributed by atoms with Gasteiger partial charge in [-0.25, -0.2) is 0 Å². The largest absolute Gasteiger partial charge is 0.462 e. The Labute approximate surface area is 426 Å². The summed E-state index contributed by atoms with van der Waals surface area (Å²) in [4.78, 5) is 25.5. The van der Waals surface area contributed by atoms with Gasteiger partial charge in [-0.1, -0.05) is 302 Å². The van der Waals surface area contributed by atoms with Gasteiger partial charge in [-0.05, 0) is 51.4 Å². The molecule has 1 unspecified atom stereocenters. The summed E-state index contributed by atoms with van der Waals surface area (Å²) in [6.45, 7) is 7.88. The second-order valence-electron chi connectivity index (χ2n) is 21.0. The van der Waals surface area contributed by atoms with E-state index >= 15 is 0 Å². The summed E-state index contributed by atoms with van der Waals surface area (Å²) >= 11 is 0. The summed E-state index contributed by atoms with van der Waals surface area (Å²) in [6.07, 6.45) is 72.1. The number of esters is 2. The summed E-state index contributed by atoms with van der Waals surface area (Å²) in [5, 5.41) is 0. The molecule has 0 radical (unpaired) electrons. The van der Waals surface area contributed by atoms with Gasteiger partial charge >= 0.3 is 11.9 Å². The van der Waals surface area contributed by atoms with Gasteiger partial charge in [0.15, 0.2) is 6.10 Å². The lowest BCUT2D eigenvalue weighted by molar-refractivity contribution is -0.163. The number of ether oxygens (including phenoxy) is 3. The molecule has 0 aliphatic heterocycles. The van der Waals surface area contributed by atoms with Crippen LogP contribution in [0, 0.1) is 0 Å². The third-order valence-corrected chi connectivity index (χ3v) is 14.0. The number of carbonyl (C=O) groups excluding carboxylic acids is 2. The number of hydrogen-bond donors (Lipinski definition) is 0. The first-order valence-corrected chi connectivity index (χ1v) is 30.9. The van der Waals surface area contributed by atoms with Crippen molar-refractivity contribution in [1.82, 2.24) is 0 Å². The third kappa shape index (κ3) is 57.0. The molecule has 68 heavy (non-hydrogen) atoms. The van der Waals surface area contributed by atoms with E-state index in [2.05, 4.69) is 45.1 Å². The van der Waals surface area contributed by atoms with Crippen molar-refractivity contribution < 1.29 is 23.8 Å². The van der Waals surface area contributed by atoms with Gasteiger partial charge in [0.1, 0.15) is 6.61 Å². The van der Waals surface area contributed by atoms with Gasteiger partial charge in [0.05, 0.1) is 6.61 Å². The second-order valence-corrected chi connectivity index (χ2v) is 21.0. The maximum absolute atomic E-state index is 12.9. The van der Waals surface area contributed by atoms with Crippen LogP contribution in [0.5, 0.6) is 0 Å². The minimum atomic E-state index is -0.531. The number of unbranched alkanes of at least 4 members (excludes halogenated alkanes) is 43. The van der Waals surface area contributed by atoms with Gasteiger partial charge in [0.2, 0.25) is 0 Å². The Bertz CT molecular complexity index is 1040. The number of allylic oxidation sites excluding steroid dienone is 4. The molecule has 0 rings (SSSR count). The fraction of sp³-hybridized carbons (Fsp3) is 0.905. The monoisotopic (exact) mass is 957 g/mol. The Kier molecular flexibility index (Phi) is 58.3. The van der Waals surface area contributed by atoms with Gasteiger partial charge in [-0.3, -0.25) is 9.59 Å². The molecule has 402 valence electrons. The van der Waals surface area contributed by atoms with Gasteiger partial charge < -0.3 is 14.2 Å². The SMILES string of the molecule is CCCCC/C=C\C/C=C\CCCCCCCCCCCC(=O)OCC(COCCCCCCCCCCCCCCCCCCCCCC)OC(=O)CCCCCCCCCCCCCCC. The Balaban J connectivity index is 4.17. The number of rotatable bonds is 58. The van der Waals surface area contributed by atoms with Crippen molar-refractivity contribution in [1.29, 1.82) is 0 Å². The molecule has 0 aromatic carbocycles. The molecule has 0 saturated carbocycles. The summed E-state index contributed by atoms with van der Waals surface area (Å²) in [7, 11) is 0. The highest BCUT2D eigenvalue weighted by Crippen LogP contribution is 2.17. The molecule has 0 bridgehead atoms. The van der Waals surface area contributed by atoms with Crippen LogP contribution in [-0.2, 0) is 23.8 Å². The van der Waals surface area contributed by atoms with Gasteiger partial charge in [0, 0.05) is 19.4 Å². The summed E-state index contributed by atoms with van der Waals surface area (Å²) < 4.78 is 17.5. The number of carbonyl (C=O) groups is 2. The Morgan fingerprint density at radius 2 is 0.618 bits per heavy atom. The molecule has 0 aliphatic rings. The van der Waals surface area contributed by atoms with E-state index in [-0.39, 0.29) is 18.5 Å². The minimum Gasteiger partial charge on any atom is -0.462 e. The quantitative estimate of drug-likeness (QED) is 0.0345. The van der Waals surface area contributed by atoms with Crippen molar-refractivity contribution in [2.24, 2.45) is 0 Å². The zero-order valence-corrected chi connectivity index (χ0v) is 46.4. The van der Waals surface area contributed by atoms with Crippen LogP contribution in [0.3, 0.4) is 0 Å². The van der Waals surface area contributed by atoms with Crippen molar-refractivity contribution in [3.8, 4) is 0 Å². The molecular formula is C63H120O5. The lowest BCUT2D eigenvalue weighted by Gasteiger charge is -2.18. The van der Waals surface area contributed by atoms with Crippen LogP contribution in [0.4, 0.5) is 0 Å². The van der Waals surface area contributed by atoms with Crippen LogP contribution in [0.2, 0.25) is 0 Å². The first kappa shape index (κ1) is 66.4. The van der Waals surface area contributed by atoms with Gasteiger partial charge in [-0.2, -0.15) is 0 Å². The van der Waals surface area contributed by atoms with Crippen molar-refractivity contribution in [3.63, 3.8) is 0 Å². The normalized spacial score (nSPS) is 12.2. The smallest absolute Gasteiger partial charge is 0.306 e. The Morgan fingerprint density at radius 3 is 1.00 bits per heavy atom. The molecule has 5 heteroatoms. The van der Waals surface area contributed by atoms with Crippen molar-refractivity contribution in [2.45, 2.75) is 348 Å². The van der Waals surface area contributed by atoms with Crippen LogP contribution >= 0.6 is 0 Å². The molecule has 0 amide bonds. The van der Waals surface area contributed by atoms with Gasteiger partial charge in [-0.15, -0.1) is 0 Å². The van der Waals surface area contributed by atoms with Crippen LogP contribution in [-0.4, -0.2) is 37.9 Å². The predicted molar refractivity (Wildman–Crippen MR) is 298 cm³/mol. The fourth-order valence-electron chi connectivity index (χ4n) is 9.37. The fourth-order valence-corrected chi connectivity index (χ4v) is 9.37. The average molecular weight is 958 g/mol. The van der Waals surface area contributed by atoms with Crippen molar-refractivity contribution in [3.05, 3.63) is 24.3 Å². The Hall–Kier alpha value is -1.62. The lowest BCUT2D eigenvalue weighted by atomic mass is 10.0. The average Bonchev–Trinajstić information content (AvgIpc) is 3.34. The van der Waals surface area contributed by atoms with Crippen LogP contribution in [0.1, 0.15) is 342 Å². The van der Waals surface area contributed by atoms with E-state index < -0.39 is 6.10 Å². The van der Waals surface area contributed by atoms with E-state index in [0.717, 1.165) is 38.5 Å². The Morgan fingerprint density at radius 1 is 0.324 bits per heavy atom. The molecule has 0 aromatic rings. The minimum absolute atomic E-state index is 0.0917. The summed E-state index contributed by atoms with van der Waals surface area (Å²) in [6, 6.07) is 0. The van der Waals surface area contributed by atoms with E-state index in [1.54, 1.807) is 0 Å². The molecule has 0 fully saturated rings. The van der Waals surface area contributed by atoms with Crippen LogP contribution in [0.25, 0.3) is 0 Å². The highest BCUT2D eigenvalue weighted by Gasteiger charge is 2.18. The first-order chi connectivity index (χ1) is 33.6. The molecule has 5 nitrogen and oxygen atoms in total. The van der Waals surface area contributed by atoms with E-state index in [1.165, 1.54) is 270 Å². The van der Waals surface area contributed by atoms with Crippen LogP contribution in [0.15, 0.2) is 24.3 Å². The standard InChI is InChI=1S/C63H120O5/c1-4-7-10-13-16-19-22-25-27-29-31-33-35-37-40-43-46-49-52-55-58-66-59-61(68-63(65)57-54-51-48-45-42-38-24-21-18-15-12-9-6-3)60-67-62(64)56-53-50-47-44-41-39-36-34-32-30-28-26-23-20-17-14-11-8-5-2/h17,20,26,28,61H,4-16,18-19,21-25,27,29-60H2,1-3H3/b20-17-,28-26-. The molecular weight excluding hydrogens is 837 g/mol. The molecule has 0 spiro atoms. The lowest BCUT2D eigenvalue weighted by Crippen LogP contribution is -2.30. The predicted octanol–water partition coefficient (Wildman–Crippen LogP) is 21.1. The highest BCUT2D eigenvalue weighted by atomic mass is 16.6. The van der Waals surface area contributed by atoms with Crippen molar-refractivity contribution >= 4 is 11.9 Å². The van der Waals surface area contributed by atoms with Gasteiger partial charge in [0.25, 0.3) is 0 Å². The third-order valence-electron chi connectivity index (χ3n) is 14.0.